The highest BCUT2D eigenvalue weighted by atomic mass is 32.1. The quantitative estimate of drug-likeness (QED) is 0.726. The lowest BCUT2D eigenvalue weighted by Gasteiger charge is -1.99. The van der Waals surface area contributed by atoms with E-state index in [0.717, 1.165) is 17.2 Å². The summed E-state index contributed by atoms with van der Waals surface area (Å²) in [5.74, 6) is 0.0891. The summed E-state index contributed by atoms with van der Waals surface area (Å²) in [6.45, 7) is 0. The Balaban J connectivity index is 1.95. The highest BCUT2D eigenvalue weighted by molar-refractivity contribution is 7.07. The minimum absolute atomic E-state index is 0.0891. The average molecular weight is 222 g/mol. The first-order chi connectivity index (χ1) is 7.27. The fourth-order valence-corrected chi connectivity index (χ4v) is 1.78. The second kappa shape index (κ2) is 4.31. The molecule has 0 amide bonds. The van der Waals surface area contributed by atoms with Crippen molar-refractivity contribution < 1.29 is 4.79 Å². The predicted molar refractivity (Wildman–Crippen MR) is 55.8 cm³/mol. The van der Waals surface area contributed by atoms with Crippen LogP contribution in [0.2, 0.25) is 0 Å². The van der Waals surface area contributed by atoms with Crippen molar-refractivity contribution in [3.05, 3.63) is 29.0 Å². The van der Waals surface area contributed by atoms with Crippen molar-refractivity contribution in [2.45, 2.75) is 12.8 Å². The second-order valence-electron chi connectivity index (χ2n) is 3.15. The van der Waals surface area contributed by atoms with Crippen LogP contribution in [0.4, 0.5) is 0 Å². The molecule has 2 rings (SSSR count). The summed E-state index contributed by atoms with van der Waals surface area (Å²) >= 11 is 1.14. The van der Waals surface area contributed by atoms with Gasteiger partial charge < -0.3 is 0 Å². The van der Waals surface area contributed by atoms with Gasteiger partial charge in [-0.05, 0) is 24.0 Å². The van der Waals surface area contributed by atoms with E-state index in [1.807, 2.05) is 13.1 Å². The van der Waals surface area contributed by atoms with Crippen molar-refractivity contribution >= 4 is 17.3 Å². The van der Waals surface area contributed by atoms with Gasteiger partial charge in [-0.1, -0.05) is 4.49 Å². The minimum atomic E-state index is 0.0891. The molecule has 0 radical (unpaired) electrons. The Morgan fingerprint density at radius 1 is 1.60 bits per heavy atom. The van der Waals surface area contributed by atoms with Crippen LogP contribution >= 0.6 is 11.5 Å². The van der Waals surface area contributed by atoms with Crippen molar-refractivity contribution in [2.24, 2.45) is 7.05 Å². The Kier molecular flexibility index (Phi) is 2.86. The van der Waals surface area contributed by atoms with Gasteiger partial charge in [-0.15, -0.1) is 5.10 Å². The van der Waals surface area contributed by atoms with Crippen LogP contribution < -0.4 is 0 Å². The van der Waals surface area contributed by atoms with Crippen molar-refractivity contribution in [2.75, 3.05) is 0 Å². The van der Waals surface area contributed by atoms with E-state index in [2.05, 4.69) is 14.7 Å². The van der Waals surface area contributed by atoms with E-state index in [0.29, 0.717) is 17.7 Å². The van der Waals surface area contributed by atoms with Gasteiger partial charge in [0.15, 0.2) is 5.78 Å². The Labute approximate surface area is 90.9 Å². The topological polar surface area (TPSA) is 60.7 Å². The number of hydrogen-bond donors (Lipinski definition) is 0. The van der Waals surface area contributed by atoms with Gasteiger partial charge in [0.25, 0.3) is 0 Å². The molecule has 5 nitrogen and oxygen atoms in total. The summed E-state index contributed by atoms with van der Waals surface area (Å²) in [6.07, 6.45) is 4.42. The largest absolute Gasteiger partial charge is 0.293 e. The van der Waals surface area contributed by atoms with Gasteiger partial charge >= 0.3 is 0 Å². The molecule has 0 fully saturated rings. The van der Waals surface area contributed by atoms with E-state index < -0.39 is 0 Å². The van der Waals surface area contributed by atoms with Crippen LogP contribution in [-0.2, 0) is 13.5 Å². The van der Waals surface area contributed by atoms with E-state index in [9.17, 15) is 4.79 Å². The molecule has 0 aromatic carbocycles. The van der Waals surface area contributed by atoms with Crippen LogP contribution in [0, 0.1) is 0 Å². The lowest BCUT2D eigenvalue weighted by Crippen LogP contribution is -2.03. The zero-order chi connectivity index (χ0) is 10.7. The fourth-order valence-electron chi connectivity index (χ4n) is 1.30. The van der Waals surface area contributed by atoms with Gasteiger partial charge in [0.05, 0.1) is 6.20 Å². The zero-order valence-corrected chi connectivity index (χ0v) is 9.07. The number of rotatable bonds is 4. The number of ketones is 1. The van der Waals surface area contributed by atoms with Gasteiger partial charge in [-0.3, -0.25) is 9.48 Å². The van der Waals surface area contributed by atoms with Crippen LogP contribution in [0.25, 0.3) is 0 Å². The van der Waals surface area contributed by atoms with Crippen molar-refractivity contribution in [1.82, 2.24) is 19.4 Å². The number of carbonyl (C=O) groups is 1. The molecule has 0 saturated carbocycles. The summed E-state index contributed by atoms with van der Waals surface area (Å²) in [7, 11) is 1.87. The molecule has 0 aliphatic rings. The first-order valence-corrected chi connectivity index (χ1v) is 5.32. The molecule has 0 bridgehead atoms. The van der Waals surface area contributed by atoms with Crippen LogP contribution in [0.1, 0.15) is 21.8 Å². The molecular weight excluding hydrogens is 212 g/mol. The molecule has 0 saturated heterocycles. The number of hydrogen-bond acceptors (Lipinski definition) is 5. The highest BCUT2D eigenvalue weighted by Crippen LogP contribution is 2.09. The third-order valence-corrected chi connectivity index (χ3v) is 2.87. The lowest BCUT2D eigenvalue weighted by atomic mass is 10.1. The number of aryl methyl sites for hydroxylation is 2. The van der Waals surface area contributed by atoms with Gasteiger partial charge in [-0.25, -0.2) is 0 Å². The Morgan fingerprint density at radius 2 is 2.47 bits per heavy atom. The highest BCUT2D eigenvalue weighted by Gasteiger charge is 2.09. The van der Waals surface area contributed by atoms with E-state index >= 15 is 0 Å². The molecule has 0 spiro atoms. The van der Waals surface area contributed by atoms with Gasteiger partial charge in [-0.2, -0.15) is 5.10 Å². The van der Waals surface area contributed by atoms with E-state index in [1.165, 1.54) is 6.20 Å². The van der Waals surface area contributed by atoms with Gasteiger partial charge in [0, 0.05) is 25.4 Å². The second-order valence-corrected chi connectivity index (χ2v) is 3.94. The van der Waals surface area contributed by atoms with Crippen molar-refractivity contribution in [3.8, 4) is 0 Å². The van der Waals surface area contributed by atoms with Crippen LogP contribution in [0.15, 0.2) is 18.5 Å². The molecule has 6 heteroatoms. The Morgan fingerprint density at radius 3 is 3.07 bits per heavy atom. The maximum atomic E-state index is 11.6. The average Bonchev–Trinajstić information content (AvgIpc) is 2.85. The molecule has 2 aromatic rings. The van der Waals surface area contributed by atoms with Crippen LogP contribution in [0.5, 0.6) is 0 Å². The summed E-state index contributed by atoms with van der Waals surface area (Å²) in [6, 6.07) is 1.91. The molecule has 0 atom stereocenters. The molecule has 15 heavy (non-hydrogen) atoms. The summed E-state index contributed by atoms with van der Waals surface area (Å²) in [4.78, 5) is 12.2. The first-order valence-electron chi connectivity index (χ1n) is 4.55. The monoisotopic (exact) mass is 222 g/mol. The number of carbonyl (C=O) groups excluding carboxylic acids is 1. The van der Waals surface area contributed by atoms with E-state index in [4.69, 9.17) is 0 Å². The minimum Gasteiger partial charge on any atom is -0.293 e. The molecule has 78 valence electrons. The molecule has 2 aromatic heterocycles. The number of Topliss-reactive ketones (excluding diaryl/α,β-unsaturated/α-hetero) is 1. The van der Waals surface area contributed by atoms with Crippen molar-refractivity contribution in [3.63, 3.8) is 0 Å². The van der Waals surface area contributed by atoms with E-state index in [1.54, 1.807) is 10.9 Å². The molecule has 0 aliphatic heterocycles. The lowest BCUT2D eigenvalue weighted by molar-refractivity contribution is 0.0986. The third kappa shape index (κ3) is 2.27. The Bertz CT molecular complexity index is 448. The predicted octanol–water partition coefficient (Wildman–Crippen LogP) is 1.09. The van der Waals surface area contributed by atoms with Crippen molar-refractivity contribution in [1.29, 1.82) is 0 Å². The van der Waals surface area contributed by atoms with E-state index in [-0.39, 0.29) is 5.78 Å². The third-order valence-electron chi connectivity index (χ3n) is 2.17. The SMILES string of the molecule is Cn1nccc1CCC(=O)c1cnns1. The number of aromatic nitrogens is 4. The Hall–Kier alpha value is -1.56. The normalized spacial score (nSPS) is 10.5. The molecule has 2 heterocycles. The standard InChI is InChI=1S/C9H10N4OS/c1-13-7(4-5-11-13)2-3-8(14)9-6-10-12-15-9/h4-6H,2-3H2,1H3. The zero-order valence-electron chi connectivity index (χ0n) is 8.25. The van der Waals surface area contributed by atoms with Crippen LogP contribution in [-0.4, -0.2) is 25.2 Å². The van der Waals surface area contributed by atoms with Gasteiger partial charge in [0.1, 0.15) is 4.88 Å². The maximum absolute atomic E-state index is 11.6. The first kappa shape index (κ1) is 9.97. The molecule has 0 unspecified atom stereocenters. The fraction of sp³-hybridized carbons (Fsp3) is 0.333. The smallest absolute Gasteiger partial charge is 0.176 e. The molecule has 0 aliphatic carbocycles. The summed E-state index contributed by atoms with van der Waals surface area (Å²) < 4.78 is 5.44. The van der Waals surface area contributed by atoms with Gasteiger partial charge in [0.2, 0.25) is 0 Å². The maximum Gasteiger partial charge on any atom is 0.176 e. The van der Waals surface area contributed by atoms with Crippen LogP contribution in [0.3, 0.4) is 0 Å². The molecule has 0 N–H and O–H groups in total. The summed E-state index contributed by atoms with van der Waals surface area (Å²) in [5.41, 5.74) is 1.06. The molecular formula is C9H10N4OS. The number of nitrogens with zero attached hydrogens (tertiary/aromatic N) is 4. The summed E-state index contributed by atoms with van der Waals surface area (Å²) in [5, 5.41) is 7.68.